The van der Waals surface area contributed by atoms with Gasteiger partial charge >= 0.3 is 0 Å². The molecule has 0 N–H and O–H groups in total. The number of fused-ring (bicyclic) bond motifs is 1. The molecule has 1 fully saturated rings. The molecule has 2 aromatic heterocycles. The second-order valence-electron chi connectivity index (χ2n) is 8.50. The average molecular weight is 443 g/mol. The second-order valence-corrected chi connectivity index (χ2v) is 10.4. The molecule has 4 rings (SSSR count). The van der Waals surface area contributed by atoms with Gasteiger partial charge in [-0.1, -0.05) is 13.8 Å². The lowest BCUT2D eigenvalue weighted by atomic mass is 10.0. The largest absolute Gasteiger partial charge is 0.494 e. The number of benzene rings is 1. The van der Waals surface area contributed by atoms with Crippen molar-refractivity contribution in [1.82, 2.24) is 18.8 Å². The van der Waals surface area contributed by atoms with Crippen molar-refractivity contribution in [3.05, 3.63) is 48.4 Å². The fourth-order valence-electron chi connectivity index (χ4n) is 4.18. The van der Waals surface area contributed by atoms with E-state index >= 15 is 0 Å². The molecule has 0 aliphatic carbocycles. The molecule has 3 heterocycles. The number of ether oxygens (including phenoxy) is 1. The Bertz CT molecular complexity index is 1140. The molecule has 1 aliphatic heterocycles. The van der Waals surface area contributed by atoms with Crippen LogP contribution < -0.4 is 4.74 Å². The smallest absolute Gasteiger partial charge is 0.243 e. The quantitative estimate of drug-likeness (QED) is 0.531. The van der Waals surface area contributed by atoms with Crippen molar-refractivity contribution in [3.8, 4) is 5.75 Å². The van der Waals surface area contributed by atoms with Gasteiger partial charge in [-0.3, -0.25) is 0 Å². The SMILES string of the molecule is CCOc1ccc(S(=O)(=O)N2CCC(Cc3nc4cccnc4n3CC(C)C)C2)cc1. The predicted octanol–water partition coefficient (Wildman–Crippen LogP) is 3.74. The number of pyridine rings is 1. The van der Waals surface area contributed by atoms with Crippen molar-refractivity contribution in [2.45, 2.75) is 45.1 Å². The Morgan fingerprint density at radius 1 is 1.19 bits per heavy atom. The van der Waals surface area contributed by atoms with Crippen LogP contribution in [-0.4, -0.2) is 47.0 Å². The summed E-state index contributed by atoms with van der Waals surface area (Å²) in [6.07, 6.45) is 3.37. The predicted molar refractivity (Wildman–Crippen MR) is 121 cm³/mol. The first kappa shape index (κ1) is 21.8. The number of nitrogens with zero attached hydrogens (tertiary/aromatic N) is 4. The van der Waals surface area contributed by atoms with Gasteiger partial charge in [0.2, 0.25) is 10.0 Å². The molecule has 1 aliphatic rings. The molecule has 1 saturated heterocycles. The third kappa shape index (κ3) is 4.60. The minimum atomic E-state index is -3.51. The Hall–Kier alpha value is -2.45. The van der Waals surface area contributed by atoms with Crippen LogP contribution in [0.2, 0.25) is 0 Å². The van der Waals surface area contributed by atoms with Gasteiger partial charge in [-0.05, 0) is 61.6 Å². The molecule has 166 valence electrons. The highest BCUT2D eigenvalue weighted by atomic mass is 32.2. The van der Waals surface area contributed by atoms with Crippen LogP contribution in [0.15, 0.2) is 47.5 Å². The van der Waals surface area contributed by atoms with E-state index in [2.05, 4.69) is 23.4 Å². The Balaban J connectivity index is 1.50. The van der Waals surface area contributed by atoms with E-state index in [0.717, 1.165) is 36.4 Å². The lowest BCUT2D eigenvalue weighted by molar-refractivity contribution is 0.340. The number of rotatable bonds is 8. The van der Waals surface area contributed by atoms with E-state index in [1.165, 1.54) is 0 Å². The maximum absolute atomic E-state index is 13.1. The van der Waals surface area contributed by atoms with Crippen molar-refractivity contribution in [3.63, 3.8) is 0 Å². The van der Waals surface area contributed by atoms with Crippen LogP contribution in [0.4, 0.5) is 0 Å². The van der Waals surface area contributed by atoms with Crippen molar-refractivity contribution in [1.29, 1.82) is 0 Å². The highest BCUT2D eigenvalue weighted by Gasteiger charge is 2.33. The summed E-state index contributed by atoms with van der Waals surface area (Å²) in [5, 5.41) is 0. The molecular weight excluding hydrogens is 412 g/mol. The van der Waals surface area contributed by atoms with Crippen LogP contribution in [0.3, 0.4) is 0 Å². The first-order chi connectivity index (χ1) is 14.9. The molecule has 8 heteroatoms. The summed E-state index contributed by atoms with van der Waals surface area (Å²) in [5.74, 6) is 2.38. The zero-order chi connectivity index (χ0) is 22.0. The Morgan fingerprint density at radius 3 is 2.68 bits per heavy atom. The van der Waals surface area contributed by atoms with Crippen molar-refractivity contribution >= 4 is 21.2 Å². The summed E-state index contributed by atoms with van der Waals surface area (Å²) in [4.78, 5) is 9.66. The second kappa shape index (κ2) is 8.96. The molecule has 0 spiro atoms. The number of sulfonamides is 1. The molecule has 0 bridgehead atoms. The van der Waals surface area contributed by atoms with Crippen molar-refractivity contribution < 1.29 is 13.2 Å². The van der Waals surface area contributed by atoms with Gasteiger partial charge in [-0.25, -0.2) is 18.4 Å². The third-order valence-corrected chi connectivity index (χ3v) is 7.50. The normalized spacial score (nSPS) is 17.6. The van der Waals surface area contributed by atoms with E-state index in [-0.39, 0.29) is 5.92 Å². The van der Waals surface area contributed by atoms with Gasteiger partial charge in [0.05, 0.1) is 11.5 Å². The molecule has 7 nitrogen and oxygen atoms in total. The van der Waals surface area contributed by atoms with E-state index in [9.17, 15) is 8.42 Å². The molecular formula is C23H30N4O3S. The van der Waals surface area contributed by atoms with Crippen molar-refractivity contribution in [2.24, 2.45) is 11.8 Å². The first-order valence-electron chi connectivity index (χ1n) is 10.9. The number of hydrogen-bond acceptors (Lipinski definition) is 5. The van der Waals surface area contributed by atoms with Crippen LogP contribution in [0, 0.1) is 11.8 Å². The fraction of sp³-hybridized carbons (Fsp3) is 0.478. The lowest BCUT2D eigenvalue weighted by Crippen LogP contribution is -2.29. The lowest BCUT2D eigenvalue weighted by Gasteiger charge is -2.17. The standard InChI is InChI=1S/C23H30N4O3S/c1-4-30-19-7-9-20(10-8-19)31(28,29)26-13-11-18(16-26)14-22-25-21-6-5-12-24-23(21)27(22)15-17(2)3/h5-10,12,17-18H,4,11,13-16H2,1-3H3. The Kier molecular flexibility index (Phi) is 6.29. The summed E-state index contributed by atoms with van der Waals surface area (Å²) in [6, 6.07) is 10.6. The van der Waals surface area contributed by atoms with Crippen LogP contribution in [0.5, 0.6) is 5.75 Å². The van der Waals surface area contributed by atoms with Gasteiger partial charge < -0.3 is 9.30 Å². The molecule has 3 aromatic rings. The van der Waals surface area contributed by atoms with E-state index in [0.29, 0.717) is 36.3 Å². The van der Waals surface area contributed by atoms with E-state index in [1.54, 1.807) is 34.8 Å². The minimum absolute atomic E-state index is 0.236. The molecule has 0 amide bonds. The first-order valence-corrected chi connectivity index (χ1v) is 12.4. The summed E-state index contributed by atoms with van der Waals surface area (Å²) in [7, 11) is -3.51. The van der Waals surface area contributed by atoms with Gasteiger partial charge in [0.25, 0.3) is 0 Å². The Labute approximate surface area is 184 Å². The fourth-order valence-corrected chi connectivity index (χ4v) is 5.71. The average Bonchev–Trinajstić information content (AvgIpc) is 3.34. The maximum Gasteiger partial charge on any atom is 0.243 e. The Morgan fingerprint density at radius 2 is 1.97 bits per heavy atom. The summed E-state index contributed by atoms with van der Waals surface area (Å²) in [5.41, 5.74) is 1.80. The van der Waals surface area contributed by atoms with Gasteiger partial charge in [0, 0.05) is 32.3 Å². The number of hydrogen-bond donors (Lipinski definition) is 0. The third-order valence-electron chi connectivity index (χ3n) is 5.62. The van der Waals surface area contributed by atoms with E-state index in [1.807, 2.05) is 19.1 Å². The number of aromatic nitrogens is 3. The van der Waals surface area contributed by atoms with Gasteiger partial charge in [-0.2, -0.15) is 4.31 Å². The molecule has 1 aromatic carbocycles. The van der Waals surface area contributed by atoms with Crippen molar-refractivity contribution in [2.75, 3.05) is 19.7 Å². The molecule has 1 atom stereocenters. The summed E-state index contributed by atoms with van der Waals surface area (Å²) < 4.78 is 35.4. The summed E-state index contributed by atoms with van der Waals surface area (Å²) in [6.45, 7) is 8.70. The monoisotopic (exact) mass is 442 g/mol. The number of imidazole rings is 1. The van der Waals surface area contributed by atoms with Gasteiger partial charge in [0.1, 0.15) is 17.1 Å². The zero-order valence-corrected chi connectivity index (χ0v) is 19.2. The van der Waals surface area contributed by atoms with Crippen LogP contribution >= 0.6 is 0 Å². The molecule has 1 unspecified atom stereocenters. The van der Waals surface area contributed by atoms with Gasteiger partial charge in [-0.15, -0.1) is 0 Å². The highest BCUT2D eigenvalue weighted by Crippen LogP contribution is 2.28. The minimum Gasteiger partial charge on any atom is -0.494 e. The van der Waals surface area contributed by atoms with Gasteiger partial charge in [0.15, 0.2) is 5.65 Å². The van der Waals surface area contributed by atoms with E-state index in [4.69, 9.17) is 9.72 Å². The topological polar surface area (TPSA) is 77.3 Å². The van der Waals surface area contributed by atoms with Crippen LogP contribution in [0.25, 0.3) is 11.2 Å². The zero-order valence-electron chi connectivity index (χ0n) is 18.4. The maximum atomic E-state index is 13.1. The highest BCUT2D eigenvalue weighted by molar-refractivity contribution is 7.89. The summed E-state index contributed by atoms with van der Waals surface area (Å²) >= 11 is 0. The molecule has 0 saturated carbocycles. The molecule has 31 heavy (non-hydrogen) atoms. The molecule has 0 radical (unpaired) electrons. The van der Waals surface area contributed by atoms with E-state index < -0.39 is 10.0 Å². The van der Waals surface area contributed by atoms with Crippen LogP contribution in [-0.2, 0) is 23.0 Å². The van der Waals surface area contributed by atoms with Crippen LogP contribution in [0.1, 0.15) is 33.0 Å².